The van der Waals surface area contributed by atoms with Crippen molar-refractivity contribution in [3.8, 4) is 0 Å². The quantitative estimate of drug-likeness (QED) is 0.864. The van der Waals surface area contributed by atoms with E-state index in [0.717, 1.165) is 12.8 Å². The van der Waals surface area contributed by atoms with E-state index in [1.807, 2.05) is 20.8 Å². The molecular formula is C16H27NO4. The molecule has 0 aromatic heterocycles. The van der Waals surface area contributed by atoms with Gasteiger partial charge in [0, 0.05) is 13.1 Å². The van der Waals surface area contributed by atoms with Crippen LogP contribution in [0.15, 0.2) is 0 Å². The Morgan fingerprint density at radius 3 is 2.52 bits per heavy atom. The van der Waals surface area contributed by atoms with E-state index in [1.165, 1.54) is 12.8 Å². The standard InChI is InChI=1S/C16H27NO4/c1-15(2,3)21-14(20)17-10-4-8-16(11-17,13(18)19)9-7-12-5-6-12/h12H,4-11H2,1-3H3,(H,18,19). The van der Waals surface area contributed by atoms with Crippen molar-refractivity contribution in [1.82, 2.24) is 4.90 Å². The van der Waals surface area contributed by atoms with Crippen molar-refractivity contribution in [2.24, 2.45) is 11.3 Å². The Morgan fingerprint density at radius 1 is 1.33 bits per heavy atom. The first-order chi connectivity index (χ1) is 9.72. The third-order valence-electron chi connectivity index (χ3n) is 4.41. The van der Waals surface area contributed by atoms with Crippen LogP contribution in [0.1, 0.15) is 59.3 Å². The van der Waals surface area contributed by atoms with Crippen LogP contribution in [0.25, 0.3) is 0 Å². The first kappa shape index (κ1) is 16.1. The Balaban J connectivity index is 2.01. The molecule has 0 aromatic carbocycles. The Labute approximate surface area is 126 Å². The molecule has 0 aromatic rings. The zero-order valence-corrected chi connectivity index (χ0v) is 13.4. The van der Waals surface area contributed by atoms with Crippen LogP contribution >= 0.6 is 0 Å². The van der Waals surface area contributed by atoms with Gasteiger partial charge in [-0.25, -0.2) is 4.79 Å². The highest BCUT2D eigenvalue weighted by Gasteiger charge is 2.45. The molecule has 1 aliphatic carbocycles. The first-order valence-electron chi connectivity index (χ1n) is 7.93. The molecule has 1 heterocycles. The molecule has 0 radical (unpaired) electrons. The van der Waals surface area contributed by atoms with Gasteiger partial charge in [-0.15, -0.1) is 0 Å². The minimum Gasteiger partial charge on any atom is -0.481 e. The van der Waals surface area contributed by atoms with Crippen LogP contribution in [0.4, 0.5) is 4.79 Å². The molecule has 5 nitrogen and oxygen atoms in total. The third kappa shape index (κ3) is 4.35. The fourth-order valence-electron chi connectivity index (χ4n) is 2.99. The highest BCUT2D eigenvalue weighted by Crippen LogP contribution is 2.41. The average molecular weight is 297 g/mol. The maximum atomic E-state index is 12.2. The van der Waals surface area contributed by atoms with Gasteiger partial charge in [-0.05, 0) is 52.4 Å². The molecule has 2 rings (SSSR count). The lowest BCUT2D eigenvalue weighted by Crippen LogP contribution is -2.51. The van der Waals surface area contributed by atoms with Crippen LogP contribution in [0.2, 0.25) is 0 Å². The predicted octanol–water partition coefficient (Wildman–Crippen LogP) is 3.28. The number of carboxylic acid groups (broad SMARTS) is 1. The maximum absolute atomic E-state index is 12.2. The molecular weight excluding hydrogens is 270 g/mol. The molecule has 2 aliphatic rings. The molecule has 1 N–H and O–H groups in total. The predicted molar refractivity (Wildman–Crippen MR) is 79.1 cm³/mol. The van der Waals surface area contributed by atoms with Crippen LogP contribution in [-0.2, 0) is 9.53 Å². The number of likely N-dealkylation sites (tertiary alicyclic amines) is 1. The molecule has 21 heavy (non-hydrogen) atoms. The van der Waals surface area contributed by atoms with Gasteiger partial charge >= 0.3 is 12.1 Å². The van der Waals surface area contributed by atoms with E-state index in [4.69, 9.17) is 4.74 Å². The second-order valence-corrected chi connectivity index (χ2v) is 7.57. The highest BCUT2D eigenvalue weighted by molar-refractivity contribution is 5.77. The highest BCUT2D eigenvalue weighted by atomic mass is 16.6. The van der Waals surface area contributed by atoms with Crippen molar-refractivity contribution in [2.75, 3.05) is 13.1 Å². The van der Waals surface area contributed by atoms with Crippen molar-refractivity contribution >= 4 is 12.1 Å². The SMILES string of the molecule is CC(C)(C)OC(=O)N1CCCC(CCC2CC2)(C(=O)O)C1. The molecule has 1 unspecified atom stereocenters. The van der Waals surface area contributed by atoms with Gasteiger partial charge in [-0.2, -0.15) is 0 Å². The summed E-state index contributed by atoms with van der Waals surface area (Å²) in [4.78, 5) is 25.5. The number of carbonyl (C=O) groups is 2. The monoisotopic (exact) mass is 297 g/mol. The summed E-state index contributed by atoms with van der Waals surface area (Å²) in [6, 6.07) is 0. The number of aliphatic carboxylic acids is 1. The minimum absolute atomic E-state index is 0.282. The van der Waals surface area contributed by atoms with E-state index >= 15 is 0 Å². The molecule has 0 spiro atoms. The van der Waals surface area contributed by atoms with E-state index in [0.29, 0.717) is 25.3 Å². The van der Waals surface area contributed by atoms with Crippen molar-refractivity contribution in [3.63, 3.8) is 0 Å². The van der Waals surface area contributed by atoms with E-state index in [9.17, 15) is 14.7 Å². The summed E-state index contributed by atoms with van der Waals surface area (Å²) in [7, 11) is 0. The van der Waals surface area contributed by atoms with Gasteiger partial charge in [0.05, 0.1) is 5.41 Å². The van der Waals surface area contributed by atoms with E-state index in [1.54, 1.807) is 4.90 Å². The summed E-state index contributed by atoms with van der Waals surface area (Å²) in [5.74, 6) is -0.0606. The van der Waals surface area contributed by atoms with Crippen molar-refractivity contribution in [3.05, 3.63) is 0 Å². The van der Waals surface area contributed by atoms with E-state index < -0.39 is 17.0 Å². The molecule has 1 atom stereocenters. The summed E-state index contributed by atoms with van der Waals surface area (Å²) in [5.41, 5.74) is -1.33. The van der Waals surface area contributed by atoms with Gasteiger partial charge in [-0.3, -0.25) is 4.79 Å². The summed E-state index contributed by atoms with van der Waals surface area (Å²) >= 11 is 0. The van der Waals surface area contributed by atoms with Crippen LogP contribution in [0.3, 0.4) is 0 Å². The van der Waals surface area contributed by atoms with E-state index in [2.05, 4.69) is 0 Å². The molecule has 1 aliphatic heterocycles. The third-order valence-corrected chi connectivity index (χ3v) is 4.41. The molecule has 2 fully saturated rings. The van der Waals surface area contributed by atoms with Crippen LogP contribution < -0.4 is 0 Å². The average Bonchev–Trinajstić information content (AvgIpc) is 3.18. The number of hydrogen-bond acceptors (Lipinski definition) is 3. The van der Waals surface area contributed by atoms with Gasteiger partial charge in [0.15, 0.2) is 0 Å². The maximum Gasteiger partial charge on any atom is 0.410 e. The van der Waals surface area contributed by atoms with Crippen LogP contribution in [0.5, 0.6) is 0 Å². The molecule has 0 bridgehead atoms. The van der Waals surface area contributed by atoms with Crippen molar-refractivity contribution in [1.29, 1.82) is 0 Å². The second-order valence-electron chi connectivity index (χ2n) is 7.57. The zero-order valence-electron chi connectivity index (χ0n) is 13.4. The molecule has 5 heteroatoms. The Kier molecular flexibility index (Phi) is 4.49. The fraction of sp³-hybridized carbons (Fsp3) is 0.875. The topological polar surface area (TPSA) is 66.8 Å². The summed E-state index contributed by atoms with van der Waals surface area (Å²) in [6.45, 7) is 6.35. The number of ether oxygens (including phenoxy) is 1. The number of hydrogen-bond donors (Lipinski definition) is 1. The minimum atomic E-state index is -0.780. The number of amides is 1. The fourth-order valence-corrected chi connectivity index (χ4v) is 2.99. The van der Waals surface area contributed by atoms with Gasteiger partial charge in [0.1, 0.15) is 5.60 Å². The molecule has 1 saturated heterocycles. The number of carboxylic acids is 1. The number of piperidine rings is 1. The van der Waals surface area contributed by atoms with Crippen molar-refractivity contribution < 1.29 is 19.4 Å². The summed E-state index contributed by atoms with van der Waals surface area (Å²) < 4.78 is 5.38. The first-order valence-corrected chi connectivity index (χ1v) is 7.93. The number of nitrogens with zero attached hydrogens (tertiary/aromatic N) is 1. The normalized spacial score (nSPS) is 26.5. The molecule has 1 amide bonds. The smallest absolute Gasteiger partial charge is 0.410 e. The Bertz CT molecular complexity index is 411. The summed E-state index contributed by atoms with van der Waals surface area (Å²) in [5, 5.41) is 9.68. The van der Waals surface area contributed by atoms with Gasteiger partial charge in [0.2, 0.25) is 0 Å². The zero-order chi connectivity index (χ0) is 15.7. The van der Waals surface area contributed by atoms with Gasteiger partial charge < -0.3 is 14.7 Å². The summed E-state index contributed by atoms with van der Waals surface area (Å²) in [6.07, 6.45) is 5.10. The Morgan fingerprint density at radius 2 is 2.00 bits per heavy atom. The van der Waals surface area contributed by atoms with E-state index in [-0.39, 0.29) is 12.6 Å². The lowest BCUT2D eigenvalue weighted by Gasteiger charge is -2.40. The van der Waals surface area contributed by atoms with Crippen LogP contribution in [0, 0.1) is 11.3 Å². The molecule has 1 saturated carbocycles. The number of rotatable bonds is 4. The molecule has 120 valence electrons. The lowest BCUT2D eigenvalue weighted by atomic mass is 9.76. The van der Waals surface area contributed by atoms with Gasteiger partial charge in [0.25, 0.3) is 0 Å². The van der Waals surface area contributed by atoms with Gasteiger partial charge in [-0.1, -0.05) is 12.8 Å². The lowest BCUT2D eigenvalue weighted by molar-refractivity contribution is -0.153. The largest absolute Gasteiger partial charge is 0.481 e. The number of carbonyl (C=O) groups excluding carboxylic acids is 1. The second kappa shape index (κ2) is 5.85. The van der Waals surface area contributed by atoms with Crippen LogP contribution in [-0.4, -0.2) is 40.8 Å². The van der Waals surface area contributed by atoms with Crippen molar-refractivity contribution in [2.45, 2.75) is 64.9 Å². The Hall–Kier alpha value is -1.26.